The van der Waals surface area contributed by atoms with Gasteiger partial charge in [-0.2, -0.15) is 0 Å². The maximum Gasteiger partial charge on any atom is 0.440 e. The Hall–Kier alpha value is -0.703. The molecule has 0 fully saturated rings. The Morgan fingerprint density at radius 1 is 0.917 bits per heavy atom. The summed E-state index contributed by atoms with van der Waals surface area (Å²) in [5.41, 5.74) is 2.32. The van der Waals surface area contributed by atoms with E-state index in [-0.39, 0.29) is 0 Å². The highest BCUT2D eigenvalue weighted by molar-refractivity contribution is 6.43. The fraction of sp³-hybridized carbons (Fsp3) is 0.556. The molecule has 70 valence electrons. The average molecular weight is 186 g/mol. The lowest BCUT2D eigenvalue weighted by Crippen LogP contribution is -2.12. The lowest BCUT2D eigenvalue weighted by atomic mass is 10.4. The zero-order chi connectivity index (χ0) is 9.56. The molecule has 0 rings (SSSR count). The number of hydrogen-bond donors (Lipinski definition) is 0. The summed E-state index contributed by atoms with van der Waals surface area (Å²) < 4.78 is 10.7. The topological polar surface area (TPSA) is 18.5 Å². The molecule has 0 unspecified atom stereocenters. The van der Waals surface area contributed by atoms with Crippen molar-refractivity contribution in [3.63, 3.8) is 0 Å². The molecule has 0 aromatic carbocycles. The lowest BCUT2D eigenvalue weighted by Gasteiger charge is -2.09. The third-order valence-electron chi connectivity index (χ3n) is 0.991. The van der Waals surface area contributed by atoms with Gasteiger partial charge in [0.2, 0.25) is 0 Å². The quantitative estimate of drug-likeness (QED) is 0.496. The summed E-state index contributed by atoms with van der Waals surface area (Å²) in [5, 5.41) is 0. The first kappa shape index (κ1) is 11.3. The Morgan fingerprint density at radius 2 is 1.25 bits per heavy atom. The number of rotatable bonds is 4. The van der Waals surface area contributed by atoms with E-state index in [0.29, 0.717) is 0 Å². The van der Waals surface area contributed by atoms with Crippen LogP contribution in [0.4, 0.5) is 0 Å². The molecule has 3 heteroatoms. The molecule has 2 nitrogen and oxygen atoms in total. The van der Waals surface area contributed by atoms with Gasteiger partial charge in [0, 0.05) is 0 Å². The van der Waals surface area contributed by atoms with Crippen LogP contribution in [0.3, 0.4) is 0 Å². The maximum atomic E-state index is 5.36. The van der Waals surface area contributed by atoms with Crippen molar-refractivity contribution in [3.05, 3.63) is 23.7 Å². The van der Waals surface area contributed by atoms with E-state index in [1.807, 2.05) is 34.2 Å². The normalized spacial score (nSPS) is 9.17. The molecule has 0 saturated carbocycles. The summed E-state index contributed by atoms with van der Waals surface area (Å²) >= 11 is 0. The highest BCUT2D eigenvalue weighted by Crippen LogP contribution is 1.97. The fourth-order valence-corrected chi connectivity index (χ4v) is 1.49. The van der Waals surface area contributed by atoms with Gasteiger partial charge in [-0.3, -0.25) is 0 Å². The zero-order valence-electron chi connectivity index (χ0n) is 8.55. The predicted molar refractivity (Wildman–Crippen MR) is 54.0 cm³/mol. The van der Waals surface area contributed by atoms with Crippen molar-refractivity contribution in [1.29, 1.82) is 0 Å². The molecule has 0 heterocycles. The molecule has 12 heavy (non-hydrogen) atoms. The molecule has 0 bridgehead atoms. The monoisotopic (exact) mass is 186 g/mol. The van der Waals surface area contributed by atoms with Gasteiger partial charge in [0.05, 0.1) is 12.5 Å². The first-order chi connectivity index (χ1) is 5.52. The summed E-state index contributed by atoms with van der Waals surface area (Å²) in [6.07, 6.45) is 3.52. The van der Waals surface area contributed by atoms with E-state index in [1.54, 1.807) is 12.5 Å². The van der Waals surface area contributed by atoms with Crippen LogP contribution in [0.2, 0.25) is 6.55 Å². The van der Waals surface area contributed by atoms with Gasteiger partial charge in [-0.25, -0.2) is 0 Å². The second kappa shape index (κ2) is 5.89. The van der Waals surface area contributed by atoms with Crippen LogP contribution in [0.5, 0.6) is 0 Å². The minimum absolute atomic E-state index is 1.16. The summed E-state index contributed by atoms with van der Waals surface area (Å²) in [6, 6.07) is 0. The van der Waals surface area contributed by atoms with Crippen LogP contribution < -0.4 is 0 Å². The summed E-state index contributed by atoms with van der Waals surface area (Å²) in [6.45, 7) is 10.0. The molecule has 0 aliphatic carbocycles. The second-order valence-corrected chi connectivity index (χ2v) is 4.91. The van der Waals surface area contributed by atoms with Gasteiger partial charge in [0.25, 0.3) is 0 Å². The van der Waals surface area contributed by atoms with Gasteiger partial charge in [-0.1, -0.05) is 0 Å². The van der Waals surface area contributed by atoms with Gasteiger partial charge < -0.3 is 8.85 Å². The van der Waals surface area contributed by atoms with Crippen molar-refractivity contribution >= 4 is 9.28 Å². The molecule has 0 aliphatic rings. The molecule has 0 amide bonds. The molecular weight excluding hydrogens is 168 g/mol. The fourth-order valence-electron chi connectivity index (χ4n) is 0.496. The van der Waals surface area contributed by atoms with Crippen molar-refractivity contribution in [3.8, 4) is 0 Å². The van der Waals surface area contributed by atoms with E-state index in [4.69, 9.17) is 8.85 Å². The van der Waals surface area contributed by atoms with Crippen molar-refractivity contribution < 1.29 is 8.85 Å². The maximum absolute atomic E-state index is 5.36. The molecule has 0 aromatic heterocycles. The summed E-state index contributed by atoms with van der Waals surface area (Å²) in [4.78, 5) is 0. The highest BCUT2D eigenvalue weighted by Gasteiger charge is 2.02. The Bertz CT molecular complexity index is 157. The van der Waals surface area contributed by atoms with Crippen molar-refractivity contribution in [2.45, 2.75) is 34.2 Å². The van der Waals surface area contributed by atoms with Crippen LogP contribution >= 0.6 is 0 Å². The molecule has 0 radical (unpaired) electrons. The standard InChI is InChI=1S/C9H18O2Si/c1-8(2)6-10-12(5)11-7-9(3)4/h6-7,12H,1-5H3. The van der Waals surface area contributed by atoms with E-state index < -0.39 is 9.28 Å². The Kier molecular flexibility index (Phi) is 5.54. The first-order valence-electron chi connectivity index (χ1n) is 4.10. The van der Waals surface area contributed by atoms with Crippen LogP contribution in [0, 0.1) is 0 Å². The molecular formula is C9H18O2Si. The summed E-state index contributed by atoms with van der Waals surface area (Å²) in [5.74, 6) is 0. The molecule has 0 aliphatic heterocycles. The largest absolute Gasteiger partial charge is 0.521 e. The molecule has 0 spiro atoms. The van der Waals surface area contributed by atoms with Crippen LogP contribution in [0.25, 0.3) is 0 Å². The minimum Gasteiger partial charge on any atom is -0.521 e. The molecule has 0 saturated heterocycles. The van der Waals surface area contributed by atoms with Gasteiger partial charge in [-0.15, -0.1) is 0 Å². The minimum atomic E-state index is -1.47. The van der Waals surface area contributed by atoms with Crippen molar-refractivity contribution in [2.75, 3.05) is 0 Å². The van der Waals surface area contributed by atoms with Gasteiger partial charge >= 0.3 is 9.28 Å². The first-order valence-corrected chi connectivity index (χ1v) is 6.20. The van der Waals surface area contributed by atoms with E-state index in [0.717, 1.165) is 11.1 Å². The molecule has 0 N–H and O–H groups in total. The van der Waals surface area contributed by atoms with Crippen molar-refractivity contribution in [1.82, 2.24) is 0 Å². The van der Waals surface area contributed by atoms with Gasteiger partial charge in [0.15, 0.2) is 0 Å². The number of hydrogen-bond acceptors (Lipinski definition) is 2. The SMILES string of the molecule is CC(C)=CO[SiH](C)OC=C(C)C. The third-order valence-corrected chi connectivity index (χ3v) is 2.03. The van der Waals surface area contributed by atoms with Gasteiger partial charge in [0.1, 0.15) is 0 Å². The lowest BCUT2D eigenvalue weighted by molar-refractivity contribution is 0.345. The zero-order valence-corrected chi connectivity index (χ0v) is 9.70. The Balaban J connectivity index is 3.68. The second-order valence-electron chi connectivity index (χ2n) is 3.23. The number of allylic oxidation sites excluding steroid dienone is 2. The van der Waals surface area contributed by atoms with Gasteiger partial charge in [-0.05, 0) is 45.4 Å². The third kappa shape index (κ3) is 7.40. The smallest absolute Gasteiger partial charge is 0.440 e. The van der Waals surface area contributed by atoms with E-state index in [9.17, 15) is 0 Å². The highest BCUT2D eigenvalue weighted by atomic mass is 28.3. The van der Waals surface area contributed by atoms with E-state index in [1.165, 1.54) is 0 Å². The van der Waals surface area contributed by atoms with Crippen LogP contribution in [0.15, 0.2) is 23.7 Å². The Labute approximate surface area is 76.7 Å². The van der Waals surface area contributed by atoms with E-state index in [2.05, 4.69) is 0 Å². The molecule has 0 atom stereocenters. The Morgan fingerprint density at radius 3 is 1.50 bits per heavy atom. The predicted octanol–water partition coefficient (Wildman–Crippen LogP) is 2.72. The van der Waals surface area contributed by atoms with Crippen LogP contribution in [-0.4, -0.2) is 9.28 Å². The molecule has 0 aromatic rings. The van der Waals surface area contributed by atoms with Crippen molar-refractivity contribution in [2.24, 2.45) is 0 Å². The van der Waals surface area contributed by atoms with E-state index >= 15 is 0 Å². The average Bonchev–Trinajstić information content (AvgIpc) is 1.96. The summed E-state index contributed by atoms with van der Waals surface area (Å²) in [7, 11) is -1.47. The van der Waals surface area contributed by atoms with Crippen LogP contribution in [-0.2, 0) is 8.85 Å². The van der Waals surface area contributed by atoms with Crippen LogP contribution in [0.1, 0.15) is 27.7 Å².